The van der Waals surface area contributed by atoms with Gasteiger partial charge in [0.2, 0.25) is 0 Å². The molecule has 0 unspecified atom stereocenters. The summed E-state index contributed by atoms with van der Waals surface area (Å²) in [7, 11) is 1.91. The monoisotopic (exact) mass is 259 g/mol. The molecular weight excluding hydrogens is 250 g/mol. The van der Waals surface area contributed by atoms with E-state index < -0.39 is 4.92 Å². The number of non-ortho nitro benzene ring substituents is 1. The summed E-state index contributed by atoms with van der Waals surface area (Å²) in [5.41, 5.74) is 1.61. The lowest BCUT2D eigenvalue weighted by Gasteiger charge is -1.98. The standard InChI is InChI=1S/C12H9N3O2S/c1-14-10-5-4-8(15(16)17)7-9(10)13-12(14)11-3-2-6-18-11/h2-7H,1H3. The van der Waals surface area contributed by atoms with Crippen LogP contribution in [-0.2, 0) is 7.05 Å². The lowest BCUT2D eigenvalue weighted by atomic mass is 10.3. The molecule has 3 rings (SSSR count). The van der Waals surface area contributed by atoms with Crippen LogP contribution in [0.2, 0.25) is 0 Å². The van der Waals surface area contributed by atoms with E-state index in [1.165, 1.54) is 12.1 Å². The number of fused-ring (bicyclic) bond motifs is 1. The fraction of sp³-hybridized carbons (Fsp3) is 0.0833. The highest BCUT2D eigenvalue weighted by Crippen LogP contribution is 2.28. The maximum absolute atomic E-state index is 10.7. The second-order valence-corrected chi connectivity index (χ2v) is 4.85. The fourth-order valence-corrected chi connectivity index (χ4v) is 2.68. The van der Waals surface area contributed by atoms with Crippen LogP contribution in [0.4, 0.5) is 5.69 Å². The van der Waals surface area contributed by atoms with Gasteiger partial charge in [0.05, 0.1) is 20.8 Å². The second-order valence-electron chi connectivity index (χ2n) is 3.90. The number of nitro groups is 1. The third kappa shape index (κ3) is 1.58. The maximum Gasteiger partial charge on any atom is 0.271 e. The van der Waals surface area contributed by atoms with Crippen LogP contribution in [0.5, 0.6) is 0 Å². The summed E-state index contributed by atoms with van der Waals surface area (Å²) in [6, 6.07) is 8.69. The van der Waals surface area contributed by atoms with Crippen LogP contribution in [-0.4, -0.2) is 14.5 Å². The van der Waals surface area contributed by atoms with Crippen molar-refractivity contribution in [1.82, 2.24) is 9.55 Å². The van der Waals surface area contributed by atoms with E-state index in [9.17, 15) is 10.1 Å². The summed E-state index contributed by atoms with van der Waals surface area (Å²) in [6.45, 7) is 0. The van der Waals surface area contributed by atoms with Crippen LogP contribution in [0.3, 0.4) is 0 Å². The molecule has 0 atom stereocenters. The zero-order valence-corrected chi connectivity index (χ0v) is 10.3. The van der Waals surface area contributed by atoms with Crippen LogP contribution in [0.15, 0.2) is 35.7 Å². The smallest absolute Gasteiger partial charge is 0.271 e. The summed E-state index contributed by atoms with van der Waals surface area (Å²) in [5.74, 6) is 0.834. The first-order valence-electron chi connectivity index (χ1n) is 5.31. The highest BCUT2D eigenvalue weighted by molar-refractivity contribution is 7.13. The van der Waals surface area contributed by atoms with Gasteiger partial charge in [-0.3, -0.25) is 10.1 Å². The molecule has 0 aliphatic rings. The summed E-state index contributed by atoms with van der Waals surface area (Å²) in [6.07, 6.45) is 0. The molecule has 0 aliphatic heterocycles. The Bertz CT molecular complexity index is 731. The van der Waals surface area contributed by atoms with Crippen molar-refractivity contribution in [2.75, 3.05) is 0 Å². The molecule has 0 fully saturated rings. The highest BCUT2D eigenvalue weighted by atomic mass is 32.1. The van der Waals surface area contributed by atoms with Gasteiger partial charge in [-0.25, -0.2) is 4.98 Å². The molecule has 1 aromatic carbocycles. The lowest BCUT2D eigenvalue weighted by molar-refractivity contribution is -0.384. The second kappa shape index (κ2) is 3.92. The number of hydrogen-bond donors (Lipinski definition) is 0. The van der Waals surface area contributed by atoms with Gasteiger partial charge in [0, 0.05) is 19.2 Å². The average molecular weight is 259 g/mol. The van der Waals surface area contributed by atoms with E-state index >= 15 is 0 Å². The molecule has 3 aromatic rings. The molecule has 0 aliphatic carbocycles. The largest absolute Gasteiger partial charge is 0.326 e. The van der Waals surface area contributed by atoms with Crippen LogP contribution in [0.1, 0.15) is 0 Å². The van der Waals surface area contributed by atoms with Crippen molar-refractivity contribution < 1.29 is 4.92 Å². The molecule has 0 radical (unpaired) electrons. The van der Waals surface area contributed by atoms with Crippen molar-refractivity contribution >= 4 is 28.1 Å². The van der Waals surface area contributed by atoms with Gasteiger partial charge >= 0.3 is 0 Å². The maximum atomic E-state index is 10.7. The number of hydrogen-bond acceptors (Lipinski definition) is 4. The minimum atomic E-state index is -0.404. The number of aryl methyl sites for hydroxylation is 1. The van der Waals surface area contributed by atoms with Crippen LogP contribution in [0, 0.1) is 10.1 Å². The summed E-state index contributed by atoms with van der Waals surface area (Å²) in [5, 5.41) is 12.7. The lowest BCUT2D eigenvalue weighted by Crippen LogP contribution is -1.90. The van der Waals surface area contributed by atoms with E-state index in [1.54, 1.807) is 17.4 Å². The minimum Gasteiger partial charge on any atom is -0.326 e. The number of rotatable bonds is 2. The van der Waals surface area contributed by atoms with Gasteiger partial charge in [-0.15, -0.1) is 11.3 Å². The molecule has 0 bridgehead atoms. The number of imidazole rings is 1. The minimum absolute atomic E-state index is 0.0679. The fourth-order valence-electron chi connectivity index (χ4n) is 1.93. The van der Waals surface area contributed by atoms with E-state index in [4.69, 9.17) is 0 Å². The van der Waals surface area contributed by atoms with Crippen molar-refractivity contribution in [3.63, 3.8) is 0 Å². The Kier molecular flexibility index (Phi) is 2.38. The van der Waals surface area contributed by atoms with Gasteiger partial charge in [0.1, 0.15) is 0 Å². The molecular formula is C12H9N3O2S. The summed E-state index contributed by atoms with van der Waals surface area (Å²) < 4.78 is 1.95. The predicted octanol–water partition coefficient (Wildman–Crippen LogP) is 3.21. The van der Waals surface area contributed by atoms with E-state index in [-0.39, 0.29) is 5.69 Å². The van der Waals surface area contributed by atoms with E-state index in [2.05, 4.69) is 4.98 Å². The molecule has 0 spiro atoms. The van der Waals surface area contributed by atoms with E-state index in [0.717, 1.165) is 16.2 Å². The quantitative estimate of drug-likeness (QED) is 0.524. The zero-order valence-electron chi connectivity index (χ0n) is 9.53. The summed E-state index contributed by atoms with van der Waals surface area (Å²) >= 11 is 1.60. The molecule has 5 nitrogen and oxygen atoms in total. The molecule has 0 saturated carbocycles. The molecule has 0 saturated heterocycles. The van der Waals surface area contributed by atoms with Crippen molar-refractivity contribution in [1.29, 1.82) is 0 Å². The van der Waals surface area contributed by atoms with Gasteiger partial charge in [-0.05, 0) is 17.5 Å². The Balaban J connectivity index is 2.25. The Labute approximate surface area is 106 Å². The Morgan fingerprint density at radius 3 is 2.89 bits per heavy atom. The van der Waals surface area contributed by atoms with Gasteiger partial charge in [0.25, 0.3) is 5.69 Å². The molecule has 2 aromatic heterocycles. The van der Waals surface area contributed by atoms with Crippen LogP contribution in [0.25, 0.3) is 21.7 Å². The van der Waals surface area contributed by atoms with Crippen molar-refractivity contribution in [2.45, 2.75) is 0 Å². The van der Waals surface area contributed by atoms with Crippen molar-refractivity contribution in [2.24, 2.45) is 7.05 Å². The van der Waals surface area contributed by atoms with Gasteiger partial charge < -0.3 is 4.57 Å². The molecule has 90 valence electrons. The predicted molar refractivity (Wildman–Crippen MR) is 70.7 cm³/mol. The topological polar surface area (TPSA) is 61.0 Å². The van der Waals surface area contributed by atoms with Crippen LogP contribution < -0.4 is 0 Å². The molecule has 0 N–H and O–H groups in total. The Hall–Kier alpha value is -2.21. The normalized spacial score (nSPS) is 10.9. The third-order valence-electron chi connectivity index (χ3n) is 2.82. The number of nitrogens with zero attached hydrogens (tertiary/aromatic N) is 3. The van der Waals surface area contributed by atoms with E-state index in [0.29, 0.717) is 5.52 Å². The summed E-state index contributed by atoms with van der Waals surface area (Å²) in [4.78, 5) is 15.9. The number of nitro benzene ring substituents is 1. The molecule has 0 amide bonds. The van der Waals surface area contributed by atoms with E-state index in [1.807, 2.05) is 29.1 Å². The first-order chi connectivity index (χ1) is 8.66. The Morgan fingerprint density at radius 1 is 1.39 bits per heavy atom. The Morgan fingerprint density at radius 2 is 2.22 bits per heavy atom. The first kappa shape index (κ1) is 10.9. The zero-order chi connectivity index (χ0) is 12.7. The van der Waals surface area contributed by atoms with Crippen LogP contribution >= 0.6 is 11.3 Å². The van der Waals surface area contributed by atoms with Gasteiger partial charge in [-0.1, -0.05) is 6.07 Å². The third-order valence-corrected chi connectivity index (χ3v) is 3.68. The first-order valence-corrected chi connectivity index (χ1v) is 6.19. The van der Waals surface area contributed by atoms with Gasteiger partial charge in [0.15, 0.2) is 5.82 Å². The molecule has 18 heavy (non-hydrogen) atoms. The highest BCUT2D eigenvalue weighted by Gasteiger charge is 2.13. The average Bonchev–Trinajstić information content (AvgIpc) is 2.97. The van der Waals surface area contributed by atoms with Crippen molar-refractivity contribution in [3.8, 4) is 10.7 Å². The SMILES string of the molecule is Cn1c(-c2cccs2)nc2cc([N+](=O)[O-])ccc21. The molecule has 6 heteroatoms. The number of aromatic nitrogens is 2. The number of thiophene rings is 1. The van der Waals surface area contributed by atoms with Crippen molar-refractivity contribution in [3.05, 3.63) is 45.8 Å². The number of benzene rings is 1. The molecule has 2 heterocycles. The van der Waals surface area contributed by atoms with Gasteiger partial charge in [-0.2, -0.15) is 0 Å².